The van der Waals surface area contributed by atoms with Crippen molar-refractivity contribution in [2.75, 3.05) is 12.3 Å². The first kappa shape index (κ1) is 36.1. The maximum Gasteiger partial charge on any atom is 0.315 e. The van der Waals surface area contributed by atoms with E-state index >= 15 is 0 Å². The summed E-state index contributed by atoms with van der Waals surface area (Å²) in [6, 6.07) is -3.18. The summed E-state index contributed by atoms with van der Waals surface area (Å²) in [6.07, 6.45) is 13.6. The van der Waals surface area contributed by atoms with Gasteiger partial charge in [0.1, 0.15) is 12.1 Å². The average molecular weight is 704 g/mol. The Kier molecular flexibility index (Phi) is 10.7. The molecule has 3 heterocycles. The van der Waals surface area contributed by atoms with E-state index in [1.54, 1.807) is 4.90 Å². The molecule has 13 heteroatoms. The Bertz CT molecular complexity index is 1410. The minimum atomic E-state index is -3.33. The van der Waals surface area contributed by atoms with Gasteiger partial charge in [0, 0.05) is 12.6 Å². The Morgan fingerprint density at radius 1 is 0.796 bits per heavy atom. The fourth-order valence-electron chi connectivity index (χ4n) is 9.56. The number of carbonyl (C=O) groups excluding carboxylic acids is 5. The number of amides is 5. The molecule has 3 aliphatic heterocycles. The van der Waals surface area contributed by atoms with Gasteiger partial charge in [-0.15, -0.1) is 0 Å². The number of carbonyl (C=O) groups is 5. The summed E-state index contributed by atoms with van der Waals surface area (Å²) in [5, 5.41) is 11.1. The number of nitrogens with one attached hydrogen (secondary N) is 4. The van der Waals surface area contributed by atoms with Crippen molar-refractivity contribution in [3.8, 4) is 0 Å². The number of nitrogens with zero attached hydrogens (tertiary/aromatic N) is 1. The number of urea groups is 1. The average Bonchev–Trinajstić information content (AvgIpc) is 3.83. The van der Waals surface area contributed by atoms with Gasteiger partial charge in [0.2, 0.25) is 17.6 Å². The van der Waals surface area contributed by atoms with Gasteiger partial charge in [0.25, 0.3) is 5.91 Å². The fraction of sp³-hybridized carbons (Fsp3) is 0.861. The van der Waals surface area contributed by atoms with Crippen LogP contribution in [0.2, 0.25) is 0 Å². The first-order valence-corrected chi connectivity index (χ1v) is 20.8. The van der Waals surface area contributed by atoms with Crippen LogP contribution in [0.5, 0.6) is 0 Å². The van der Waals surface area contributed by atoms with Crippen LogP contribution in [-0.4, -0.2) is 90.1 Å². The van der Waals surface area contributed by atoms with E-state index < -0.39 is 62.4 Å². The zero-order chi connectivity index (χ0) is 35.0. The lowest BCUT2D eigenvalue weighted by atomic mass is 9.78. The number of hydrogen-bond acceptors (Lipinski definition) is 7. The molecule has 0 aromatic rings. The van der Waals surface area contributed by atoms with Crippen LogP contribution in [0.15, 0.2) is 0 Å². The van der Waals surface area contributed by atoms with Crippen molar-refractivity contribution in [2.45, 2.75) is 164 Å². The summed E-state index contributed by atoms with van der Waals surface area (Å²) >= 11 is 0. The van der Waals surface area contributed by atoms with E-state index in [-0.39, 0.29) is 35.0 Å². The second-order valence-corrected chi connectivity index (χ2v) is 18.8. The van der Waals surface area contributed by atoms with Crippen LogP contribution in [0.25, 0.3) is 0 Å². The third kappa shape index (κ3) is 7.81. The van der Waals surface area contributed by atoms with Crippen molar-refractivity contribution < 1.29 is 32.4 Å². The highest BCUT2D eigenvalue weighted by Crippen LogP contribution is 2.65. The van der Waals surface area contributed by atoms with Gasteiger partial charge in [-0.3, -0.25) is 19.2 Å². The molecule has 0 aromatic heterocycles. The molecule has 5 amide bonds. The van der Waals surface area contributed by atoms with Gasteiger partial charge < -0.3 is 26.2 Å². The largest absolute Gasteiger partial charge is 0.347 e. The van der Waals surface area contributed by atoms with E-state index in [1.165, 1.54) is 0 Å². The highest BCUT2D eigenvalue weighted by molar-refractivity contribution is 7.92. The quantitative estimate of drug-likeness (QED) is 0.308. The van der Waals surface area contributed by atoms with Crippen molar-refractivity contribution in [3.05, 3.63) is 0 Å². The number of rotatable bonds is 6. The summed E-state index contributed by atoms with van der Waals surface area (Å²) in [4.78, 5) is 70.1. The first-order chi connectivity index (χ1) is 23.3. The van der Waals surface area contributed by atoms with E-state index in [2.05, 4.69) is 35.1 Å². The SMILES string of the molecule is CC1(C)[C@@H]2[C@H]3C(=O)N[C@@H](C(=O)C(=O)NC4CC4)CCCCCCCCC[C@@H](NC(=O)NC4(C5CCCS5(=O)=O)CCCCC4)C(=O)N3C[C@@H]21. The minimum Gasteiger partial charge on any atom is -0.347 e. The van der Waals surface area contributed by atoms with Crippen molar-refractivity contribution in [1.29, 1.82) is 0 Å². The maximum atomic E-state index is 14.4. The van der Waals surface area contributed by atoms with Gasteiger partial charge in [-0.25, -0.2) is 13.2 Å². The van der Waals surface area contributed by atoms with Crippen LogP contribution >= 0.6 is 0 Å². The maximum absolute atomic E-state index is 14.4. The molecule has 6 aliphatic rings. The topological polar surface area (TPSA) is 171 Å². The van der Waals surface area contributed by atoms with Gasteiger partial charge in [0.05, 0.1) is 22.6 Å². The Balaban J connectivity index is 1.22. The van der Waals surface area contributed by atoms with Crippen LogP contribution < -0.4 is 21.3 Å². The lowest BCUT2D eigenvalue weighted by Crippen LogP contribution is -2.63. The minimum absolute atomic E-state index is 0.0199. The zero-order valence-electron chi connectivity index (χ0n) is 29.4. The molecule has 1 unspecified atom stereocenters. The summed E-state index contributed by atoms with van der Waals surface area (Å²) in [5.74, 6) is -1.91. The predicted octanol–water partition coefficient (Wildman–Crippen LogP) is 3.27. The van der Waals surface area contributed by atoms with Gasteiger partial charge in [0.15, 0.2) is 9.84 Å². The second kappa shape index (κ2) is 14.5. The summed E-state index contributed by atoms with van der Waals surface area (Å²) in [5.41, 5.74) is -1.02. The van der Waals surface area contributed by atoms with Crippen molar-refractivity contribution in [3.63, 3.8) is 0 Å². The number of Topliss-reactive ketones (excluding diaryl/α,β-unsaturated/α-hetero) is 1. The Morgan fingerprint density at radius 2 is 1.43 bits per heavy atom. The van der Waals surface area contributed by atoms with Crippen molar-refractivity contribution in [1.82, 2.24) is 26.2 Å². The normalized spacial score (nSPS) is 34.5. The molecule has 49 heavy (non-hydrogen) atoms. The zero-order valence-corrected chi connectivity index (χ0v) is 30.2. The Labute approximate surface area is 291 Å². The summed E-state index contributed by atoms with van der Waals surface area (Å²) < 4.78 is 26.2. The summed E-state index contributed by atoms with van der Waals surface area (Å²) in [7, 11) is -3.33. The van der Waals surface area contributed by atoms with Gasteiger partial charge in [-0.1, -0.05) is 78.1 Å². The molecule has 0 spiro atoms. The van der Waals surface area contributed by atoms with E-state index in [0.29, 0.717) is 51.5 Å². The summed E-state index contributed by atoms with van der Waals surface area (Å²) in [6.45, 7) is 4.55. The molecule has 274 valence electrons. The number of sulfone groups is 1. The first-order valence-electron chi connectivity index (χ1n) is 19.1. The third-order valence-electron chi connectivity index (χ3n) is 12.7. The van der Waals surface area contributed by atoms with Crippen LogP contribution in [0.4, 0.5) is 4.79 Å². The fourth-order valence-corrected chi connectivity index (χ4v) is 11.9. The van der Waals surface area contributed by atoms with Gasteiger partial charge in [-0.2, -0.15) is 0 Å². The predicted molar refractivity (Wildman–Crippen MR) is 184 cm³/mol. The molecule has 3 aliphatic carbocycles. The Morgan fingerprint density at radius 3 is 2.06 bits per heavy atom. The molecule has 0 bridgehead atoms. The number of piperidine rings is 1. The van der Waals surface area contributed by atoms with E-state index in [4.69, 9.17) is 0 Å². The van der Waals surface area contributed by atoms with Crippen LogP contribution in [-0.2, 0) is 29.0 Å². The lowest BCUT2D eigenvalue weighted by molar-refractivity contribution is -0.144. The molecular weight excluding hydrogens is 646 g/mol. The van der Waals surface area contributed by atoms with E-state index in [9.17, 15) is 32.4 Å². The number of fused-ring (bicyclic) bond motifs is 3. The van der Waals surface area contributed by atoms with Crippen LogP contribution in [0.3, 0.4) is 0 Å². The third-order valence-corrected chi connectivity index (χ3v) is 15.1. The molecule has 6 fully saturated rings. The standard InChI is InChI=1S/C36H57N5O7S/c1-35(2)24-22-41-29(28(24)35)31(43)38-25(30(42)32(44)37-23-17-18-23)14-9-6-4-3-5-7-10-15-26(33(41)45)39-34(46)40-36(19-11-8-12-20-36)27-16-13-21-49(27,47)48/h23-29H,3-22H2,1-2H3,(H,37,44)(H,38,43)(H2,39,40,46)/t24-,25+,26+,27?,28-,29-/m0/s1. The molecular formula is C36H57N5O7S. The monoisotopic (exact) mass is 703 g/mol. The Hall–Kier alpha value is -2.70. The molecule has 3 saturated heterocycles. The molecule has 6 rings (SSSR count). The van der Waals surface area contributed by atoms with Crippen LogP contribution in [0, 0.1) is 17.3 Å². The smallest absolute Gasteiger partial charge is 0.315 e. The van der Waals surface area contributed by atoms with Gasteiger partial charge in [-0.05, 0) is 68.6 Å². The van der Waals surface area contributed by atoms with Crippen molar-refractivity contribution in [2.24, 2.45) is 17.3 Å². The molecule has 3 saturated carbocycles. The van der Waals surface area contributed by atoms with Crippen LogP contribution in [0.1, 0.15) is 129 Å². The highest BCUT2D eigenvalue weighted by atomic mass is 32.2. The number of hydrogen-bond donors (Lipinski definition) is 4. The lowest BCUT2D eigenvalue weighted by Gasteiger charge is -2.42. The highest BCUT2D eigenvalue weighted by Gasteiger charge is 2.69. The van der Waals surface area contributed by atoms with Gasteiger partial charge >= 0.3 is 6.03 Å². The molecule has 12 nitrogen and oxygen atoms in total. The number of ketones is 1. The van der Waals surface area contributed by atoms with E-state index in [0.717, 1.165) is 70.6 Å². The molecule has 4 N–H and O–H groups in total. The van der Waals surface area contributed by atoms with E-state index in [1.807, 2.05) is 0 Å². The molecule has 6 atom stereocenters. The van der Waals surface area contributed by atoms with Crippen molar-refractivity contribution >= 4 is 39.4 Å². The molecule has 0 aromatic carbocycles. The second-order valence-electron chi connectivity index (χ2n) is 16.5. The molecule has 0 radical (unpaired) electrons.